The van der Waals surface area contributed by atoms with E-state index in [2.05, 4.69) is 68.8 Å². The number of benzene rings is 2. The number of amides is 13. The van der Waals surface area contributed by atoms with E-state index in [-0.39, 0.29) is 93.9 Å². The number of carbonyl (C=O) groups is 13. The molecule has 3 rings (SSSR count). The van der Waals surface area contributed by atoms with Gasteiger partial charge in [-0.3, -0.25) is 62.3 Å². The van der Waals surface area contributed by atoms with Crippen molar-refractivity contribution in [2.45, 2.75) is 205 Å². The van der Waals surface area contributed by atoms with Crippen LogP contribution in [0.5, 0.6) is 5.75 Å². The van der Waals surface area contributed by atoms with E-state index < -0.39 is 126 Å². The molecule has 0 aliphatic rings. The van der Waals surface area contributed by atoms with Crippen LogP contribution in [0.1, 0.15) is 155 Å². The van der Waals surface area contributed by atoms with E-state index in [1.807, 2.05) is 52.0 Å². The Balaban J connectivity index is 1.30. The van der Waals surface area contributed by atoms with E-state index in [9.17, 15) is 67.4 Å². The second-order valence-electron chi connectivity index (χ2n) is 25.7. The molecule has 8 atom stereocenters. The number of nitrogens with one attached hydrogen (secondary N) is 13. The van der Waals surface area contributed by atoms with E-state index in [1.54, 1.807) is 18.3 Å². The molecule has 31 nitrogen and oxygen atoms in total. The van der Waals surface area contributed by atoms with Gasteiger partial charge in [0.15, 0.2) is 0 Å². The van der Waals surface area contributed by atoms with Crippen LogP contribution in [-0.2, 0) is 75.2 Å². The van der Waals surface area contributed by atoms with Crippen LogP contribution in [-0.4, -0.2) is 181 Å². The molecule has 1 aromatic heterocycles. The van der Waals surface area contributed by atoms with Crippen LogP contribution in [0.2, 0.25) is 0 Å². The maximum Gasteiger partial charge on any atom is 0.243 e. The zero-order chi connectivity index (χ0) is 73.4. The van der Waals surface area contributed by atoms with E-state index in [4.69, 9.17) is 22.9 Å². The Morgan fingerprint density at radius 2 is 0.909 bits per heavy atom. The largest absolute Gasteiger partial charge is 0.508 e. The molecule has 0 bridgehead atoms. The highest BCUT2D eigenvalue weighted by Gasteiger charge is 2.31. The number of hydrogen-bond acceptors (Lipinski definition) is 17. The van der Waals surface area contributed by atoms with Crippen molar-refractivity contribution in [3.8, 4) is 5.75 Å². The lowest BCUT2D eigenvalue weighted by atomic mass is 10.0. The van der Waals surface area contributed by atoms with Crippen molar-refractivity contribution >= 4 is 87.7 Å². The van der Waals surface area contributed by atoms with Crippen LogP contribution in [0.4, 0.5) is 0 Å². The number of hydrogen-bond donors (Lipinski definition) is 18. The smallest absolute Gasteiger partial charge is 0.243 e. The van der Waals surface area contributed by atoms with Gasteiger partial charge in [-0.25, -0.2) is 0 Å². The molecule has 0 saturated heterocycles. The third kappa shape index (κ3) is 34.2. The molecule has 0 aliphatic carbocycles. The lowest BCUT2D eigenvalue weighted by molar-refractivity contribution is -0.134. The maximum absolute atomic E-state index is 14.0. The highest BCUT2D eigenvalue weighted by molar-refractivity contribution is 5.97. The van der Waals surface area contributed by atoms with Gasteiger partial charge in [0.1, 0.15) is 48.0 Å². The predicted octanol–water partition coefficient (Wildman–Crippen LogP) is -1.04. The highest BCUT2D eigenvalue weighted by Crippen LogP contribution is 2.20. The minimum atomic E-state index is -1.19. The number of unbranched alkanes of at least 4 members (excludes halogenated alkanes) is 4. The van der Waals surface area contributed by atoms with Crippen LogP contribution in [0.25, 0.3) is 10.9 Å². The zero-order valence-corrected chi connectivity index (χ0v) is 58.2. The summed E-state index contributed by atoms with van der Waals surface area (Å²) in [5.41, 5.74) is 25.7. The number of aromatic hydroxyl groups is 1. The summed E-state index contributed by atoms with van der Waals surface area (Å²) in [4.78, 5) is 172. The Kier molecular flexibility index (Phi) is 39.1. The van der Waals surface area contributed by atoms with Crippen molar-refractivity contribution < 1.29 is 67.4 Å². The first kappa shape index (κ1) is 84.0. The second kappa shape index (κ2) is 46.1. The maximum atomic E-state index is 14.0. The highest BCUT2D eigenvalue weighted by atomic mass is 16.3. The molecule has 1 heterocycles. The van der Waals surface area contributed by atoms with E-state index in [1.165, 1.54) is 26.0 Å². The number of H-pyrrole nitrogens is 1. The van der Waals surface area contributed by atoms with Gasteiger partial charge in [-0.2, -0.15) is 0 Å². The number of aromatic amines is 1. The Morgan fingerprint density at radius 3 is 1.49 bits per heavy atom. The van der Waals surface area contributed by atoms with Crippen molar-refractivity contribution in [1.82, 2.24) is 68.8 Å². The van der Waals surface area contributed by atoms with Crippen molar-refractivity contribution in [1.29, 1.82) is 0 Å². The fraction of sp³-hybridized carbons (Fsp3) is 0.603. The molecule has 0 spiro atoms. The SMILES string of the molecule is CC(C)C[C@H](NC(=O)[C@H](CC(C)C)NC(=O)CNC(=O)[C@H](C)NC(=O)[C@H](C)NC(=O)[C@H](CCCN)NC(=O)CNC(=O)CCCCNC(=O)CCCCNC(=O)CCCCNC(=O)[C@H](CCCCN)NC(=O)[C@H](Cc1ccc(O)cc1)NC(=O)[C@@H](N)Cc1c[nH]c2ccccc12)C(N)=O. The quantitative estimate of drug-likeness (QED) is 0.0300. The number of aromatic nitrogens is 1. The summed E-state index contributed by atoms with van der Waals surface area (Å²) in [6, 6.07) is 5.32. The van der Waals surface area contributed by atoms with Crippen LogP contribution in [0.3, 0.4) is 0 Å². The normalized spacial score (nSPS) is 13.6. The number of nitrogens with two attached hydrogens (primary N) is 4. The van der Waals surface area contributed by atoms with Gasteiger partial charge in [0, 0.05) is 62.4 Å². The topological polar surface area (TPSA) is 506 Å². The summed E-state index contributed by atoms with van der Waals surface area (Å²) in [7, 11) is 0. The molecule has 550 valence electrons. The third-order valence-electron chi connectivity index (χ3n) is 15.9. The number of para-hydroxylation sites is 1. The number of primary amides is 1. The molecule has 3 aromatic rings. The Labute approximate surface area is 579 Å². The fourth-order valence-corrected chi connectivity index (χ4v) is 10.4. The minimum absolute atomic E-state index is 0.0292. The van der Waals surface area contributed by atoms with Gasteiger partial charge < -0.3 is 96.8 Å². The molecule has 99 heavy (non-hydrogen) atoms. The summed E-state index contributed by atoms with van der Waals surface area (Å²) in [6.07, 6.45) is 7.78. The van der Waals surface area contributed by atoms with Crippen molar-refractivity contribution in [2.24, 2.45) is 34.8 Å². The molecule has 0 unspecified atom stereocenters. The van der Waals surface area contributed by atoms with Crippen molar-refractivity contribution in [2.75, 3.05) is 45.8 Å². The Hall–Kier alpha value is -9.23. The van der Waals surface area contributed by atoms with Crippen LogP contribution in [0, 0.1) is 11.8 Å². The van der Waals surface area contributed by atoms with Crippen LogP contribution < -0.4 is 86.7 Å². The van der Waals surface area contributed by atoms with Gasteiger partial charge in [-0.05, 0) is 158 Å². The average Bonchev–Trinajstić information content (AvgIpc) is 1.73. The summed E-state index contributed by atoms with van der Waals surface area (Å²) < 4.78 is 0. The molecular formula is C68H109N17O14. The fourth-order valence-electron chi connectivity index (χ4n) is 10.4. The molecule has 2 aromatic carbocycles. The Morgan fingerprint density at radius 1 is 0.434 bits per heavy atom. The molecule has 31 heteroatoms. The number of fused-ring (bicyclic) bond motifs is 1. The van der Waals surface area contributed by atoms with E-state index in [0.717, 1.165) is 16.5 Å². The molecular weight excluding hydrogens is 1280 g/mol. The average molecular weight is 1390 g/mol. The summed E-state index contributed by atoms with van der Waals surface area (Å²) in [5, 5.41) is 42.5. The third-order valence-corrected chi connectivity index (χ3v) is 15.9. The van der Waals surface area contributed by atoms with Gasteiger partial charge in [-0.15, -0.1) is 0 Å². The number of carbonyl (C=O) groups excluding carboxylic acids is 13. The van der Waals surface area contributed by atoms with Gasteiger partial charge >= 0.3 is 0 Å². The monoisotopic (exact) mass is 1390 g/mol. The van der Waals surface area contributed by atoms with Gasteiger partial charge in [-0.1, -0.05) is 58.0 Å². The summed E-state index contributed by atoms with van der Waals surface area (Å²) >= 11 is 0. The van der Waals surface area contributed by atoms with Crippen LogP contribution in [0.15, 0.2) is 54.7 Å². The zero-order valence-electron chi connectivity index (χ0n) is 58.2. The molecule has 0 aliphatic heterocycles. The number of rotatable bonds is 49. The molecule has 0 radical (unpaired) electrons. The molecule has 0 fully saturated rings. The van der Waals surface area contributed by atoms with Gasteiger partial charge in [0.25, 0.3) is 0 Å². The van der Waals surface area contributed by atoms with Gasteiger partial charge in [0.2, 0.25) is 76.8 Å². The lowest BCUT2D eigenvalue weighted by Crippen LogP contribution is -2.56. The molecule has 0 saturated carbocycles. The standard InChI is InChI=1S/C68H109N17O14/c1-41(2)34-53(61(72)92)84-67(98)54(35-42(3)4)82-60(91)40-78-62(93)43(5)79-63(94)44(6)80-66(97)52(21-17-30-70)81-59(90)39-77-58(89)24-11-15-32-74-56(87)22-10-14-31-73-57(88)23-12-16-33-75-65(96)51(20-9-13-29-69)83-68(99)55(36-45-25-27-47(86)28-26-45)85-64(95)49(71)37-46-38-76-50-19-8-7-18-48(46)50/h7-8,18-19,25-28,38,41-44,49,51-55,76,86H,9-17,20-24,29-37,39-40,69-71H2,1-6H3,(H2,72,92)(H,73,88)(H,74,87)(H,75,96)(H,77,89)(H,78,93)(H,79,94)(H,80,97)(H,81,90)(H,82,91)(H,83,99)(H,84,98)(H,85,95)/t43-,44-,49-,51-,52-,53-,54-,55-/m0/s1. The lowest BCUT2D eigenvalue weighted by Gasteiger charge is -2.24. The number of phenolic OH excluding ortho intramolecular Hbond substituents is 1. The van der Waals surface area contributed by atoms with Gasteiger partial charge in [0.05, 0.1) is 19.1 Å². The van der Waals surface area contributed by atoms with Crippen molar-refractivity contribution in [3.63, 3.8) is 0 Å². The minimum Gasteiger partial charge on any atom is -0.508 e. The second-order valence-corrected chi connectivity index (χ2v) is 25.7. The molecule has 13 amide bonds. The number of phenols is 1. The first-order valence-electron chi connectivity index (χ1n) is 34.3. The Bertz CT molecular complexity index is 3110. The van der Waals surface area contributed by atoms with Crippen LogP contribution >= 0.6 is 0 Å². The summed E-state index contributed by atoms with van der Waals surface area (Å²) in [6.45, 7) is 10.6. The van der Waals surface area contributed by atoms with E-state index >= 15 is 0 Å². The predicted molar refractivity (Wildman–Crippen MR) is 373 cm³/mol. The summed E-state index contributed by atoms with van der Waals surface area (Å²) in [5.74, 6) is -7.27. The first-order chi connectivity index (χ1) is 47.1. The van der Waals surface area contributed by atoms with E-state index in [0.29, 0.717) is 89.4 Å². The first-order valence-corrected chi connectivity index (χ1v) is 34.3. The van der Waals surface area contributed by atoms with Crippen molar-refractivity contribution in [3.05, 3.63) is 65.9 Å². The molecule has 22 N–H and O–H groups in total.